The van der Waals surface area contributed by atoms with Crippen molar-refractivity contribution in [3.63, 3.8) is 0 Å². The molecule has 8 heteroatoms. The molecule has 1 aromatic rings. The van der Waals surface area contributed by atoms with E-state index in [-0.39, 0.29) is 21.0 Å². The Morgan fingerprint density at radius 2 is 2.40 bits per heavy atom. The maximum absolute atomic E-state index is 13.5. The van der Waals surface area contributed by atoms with E-state index in [1.807, 2.05) is 7.05 Å². The predicted molar refractivity (Wildman–Crippen MR) is 81.5 cm³/mol. The number of halogens is 2. The molecule has 0 aliphatic carbocycles. The van der Waals surface area contributed by atoms with Gasteiger partial charge in [0.25, 0.3) is 5.69 Å². The molecule has 1 atom stereocenters. The molecule has 6 nitrogen and oxygen atoms in total. The maximum Gasteiger partial charge on any atom is 0.293 e. The zero-order chi connectivity index (χ0) is 14.7. The number of nitrogens with zero attached hydrogens (tertiary/aromatic N) is 2. The molecule has 2 rings (SSSR count). The molecule has 1 unspecified atom stereocenters. The van der Waals surface area contributed by atoms with Gasteiger partial charge in [0.2, 0.25) is 0 Å². The quantitative estimate of drug-likeness (QED) is 0.481. The van der Waals surface area contributed by atoms with Crippen molar-refractivity contribution in [2.45, 2.75) is 6.10 Å². The van der Waals surface area contributed by atoms with Gasteiger partial charge in [0.05, 0.1) is 21.2 Å². The molecule has 0 amide bonds. The third-order valence-corrected chi connectivity index (χ3v) is 3.92. The van der Waals surface area contributed by atoms with Crippen molar-refractivity contribution in [1.82, 2.24) is 4.90 Å². The topological polar surface area (TPSA) is 67.6 Å². The van der Waals surface area contributed by atoms with E-state index in [1.165, 1.54) is 6.07 Å². The van der Waals surface area contributed by atoms with E-state index >= 15 is 0 Å². The highest BCUT2D eigenvalue weighted by molar-refractivity contribution is 14.1. The van der Waals surface area contributed by atoms with E-state index in [2.05, 4.69) is 10.2 Å². The van der Waals surface area contributed by atoms with E-state index in [1.54, 1.807) is 22.6 Å². The number of ether oxygens (including phenoxy) is 1. The second-order valence-corrected chi connectivity index (χ2v) is 5.84. The number of rotatable bonds is 4. The van der Waals surface area contributed by atoms with Crippen LogP contribution in [0, 0.1) is 19.5 Å². The first-order valence-electron chi connectivity index (χ1n) is 6.15. The normalized spacial score (nSPS) is 19.9. The predicted octanol–water partition coefficient (Wildman–Crippen LogP) is 2.08. The second-order valence-electron chi connectivity index (χ2n) is 4.68. The molecule has 0 radical (unpaired) electrons. The fraction of sp³-hybridized carbons (Fsp3) is 0.500. The molecule has 1 aliphatic rings. The van der Waals surface area contributed by atoms with Crippen LogP contribution in [0.25, 0.3) is 0 Å². The molecule has 1 N–H and O–H groups in total. The molecule has 0 spiro atoms. The summed E-state index contributed by atoms with van der Waals surface area (Å²) in [5, 5.41) is 13.9. The second kappa shape index (κ2) is 6.64. The number of anilines is 1. The largest absolute Gasteiger partial charge is 0.377 e. The molecule has 0 saturated carbocycles. The smallest absolute Gasteiger partial charge is 0.293 e. The first kappa shape index (κ1) is 15.4. The Hall–Kier alpha value is -1.00. The fourth-order valence-electron chi connectivity index (χ4n) is 2.04. The Labute approximate surface area is 129 Å². The minimum absolute atomic E-state index is 0.0595. The van der Waals surface area contributed by atoms with E-state index in [4.69, 9.17) is 4.74 Å². The number of hydrogen-bond donors (Lipinski definition) is 1. The highest BCUT2D eigenvalue weighted by Gasteiger charge is 2.21. The van der Waals surface area contributed by atoms with Gasteiger partial charge in [-0.3, -0.25) is 10.1 Å². The van der Waals surface area contributed by atoms with Crippen LogP contribution in [-0.4, -0.2) is 49.2 Å². The van der Waals surface area contributed by atoms with E-state index in [0.29, 0.717) is 13.2 Å². The summed E-state index contributed by atoms with van der Waals surface area (Å²) < 4.78 is 19.3. The summed E-state index contributed by atoms with van der Waals surface area (Å²) in [6.45, 7) is 2.65. The number of nitrogens with one attached hydrogen (secondary N) is 1. The molecule has 0 bridgehead atoms. The number of nitro benzene ring substituents is 1. The SMILES string of the molecule is CN1CCOC(CNc2cc(F)c(I)cc2[N+](=O)[O-])C1. The van der Waals surface area contributed by atoms with Crippen molar-refractivity contribution < 1.29 is 14.1 Å². The van der Waals surface area contributed by atoms with Crippen molar-refractivity contribution in [2.75, 3.05) is 38.6 Å². The van der Waals surface area contributed by atoms with Gasteiger partial charge in [-0.15, -0.1) is 0 Å². The summed E-state index contributed by atoms with van der Waals surface area (Å²) in [6, 6.07) is 2.39. The lowest BCUT2D eigenvalue weighted by atomic mass is 10.2. The third-order valence-electron chi connectivity index (χ3n) is 3.10. The molecule has 110 valence electrons. The average molecular weight is 395 g/mol. The minimum atomic E-state index is -0.516. The molecule has 1 aliphatic heterocycles. The molecule has 20 heavy (non-hydrogen) atoms. The number of likely N-dealkylation sites (N-methyl/N-ethyl adjacent to an activating group) is 1. The Morgan fingerprint density at radius 1 is 1.65 bits per heavy atom. The van der Waals surface area contributed by atoms with Crippen LogP contribution in [0.1, 0.15) is 0 Å². The highest BCUT2D eigenvalue weighted by Crippen LogP contribution is 2.28. The lowest BCUT2D eigenvalue weighted by Crippen LogP contribution is -2.43. The van der Waals surface area contributed by atoms with Crippen LogP contribution in [-0.2, 0) is 4.74 Å². The molecule has 1 heterocycles. The minimum Gasteiger partial charge on any atom is -0.377 e. The van der Waals surface area contributed by atoms with E-state index in [9.17, 15) is 14.5 Å². The van der Waals surface area contributed by atoms with Gasteiger partial charge in [-0.25, -0.2) is 4.39 Å². The first-order valence-corrected chi connectivity index (χ1v) is 7.22. The van der Waals surface area contributed by atoms with Crippen LogP contribution in [0.2, 0.25) is 0 Å². The van der Waals surface area contributed by atoms with Crippen LogP contribution >= 0.6 is 22.6 Å². The zero-order valence-electron chi connectivity index (χ0n) is 10.9. The Kier molecular flexibility index (Phi) is 5.11. The molecule has 1 saturated heterocycles. The van der Waals surface area contributed by atoms with Gasteiger partial charge in [-0.1, -0.05) is 0 Å². The first-order chi connectivity index (χ1) is 9.47. The summed E-state index contributed by atoms with van der Waals surface area (Å²) in [7, 11) is 1.99. The van der Waals surface area contributed by atoms with Gasteiger partial charge < -0.3 is 15.0 Å². The fourth-order valence-corrected chi connectivity index (χ4v) is 2.49. The zero-order valence-corrected chi connectivity index (χ0v) is 13.1. The summed E-state index contributed by atoms with van der Waals surface area (Å²) >= 11 is 1.74. The summed E-state index contributed by atoms with van der Waals surface area (Å²) in [5.41, 5.74) is 0.0599. The Bertz CT molecular complexity index is 515. The average Bonchev–Trinajstić information content (AvgIpc) is 2.39. The highest BCUT2D eigenvalue weighted by atomic mass is 127. The molecule has 1 aromatic carbocycles. The van der Waals surface area contributed by atoms with Gasteiger partial charge >= 0.3 is 0 Å². The van der Waals surface area contributed by atoms with Gasteiger partial charge in [0.1, 0.15) is 11.5 Å². The Balaban J connectivity index is 2.08. The molecular formula is C12H15FIN3O3. The van der Waals surface area contributed by atoms with Crippen LogP contribution in [0.5, 0.6) is 0 Å². The van der Waals surface area contributed by atoms with Gasteiger partial charge in [0.15, 0.2) is 0 Å². The monoisotopic (exact) mass is 395 g/mol. The molecular weight excluding hydrogens is 380 g/mol. The Morgan fingerprint density at radius 3 is 3.05 bits per heavy atom. The number of morpholine rings is 1. The standard InChI is InChI=1S/C12H15FIN3O3/c1-16-2-3-20-8(7-16)6-15-11-4-9(13)10(14)5-12(11)17(18)19/h4-5,8,15H,2-3,6-7H2,1H3. The van der Waals surface area contributed by atoms with Crippen LogP contribution in [0.4, 0.5) is 15.8 Å². The van der Waals surface area contributed by atoms with E-state index < -0.39 is 10.7 Å². The van der Waals surface area contributed by atoms with Crippen LogP contribution < -0.4 is 5.32 Å². The molecule has 0 aromatic heterocycles. The van der Waals surface area contributed by atoms with E-state index in [0.717, 1.165) is 19.2 Å². The van der Waals surface area contributed by atoms with Crippen molar-refractivity contribution in [2.24, 2.45) is 0 Å². The summed E-state index contributed by atoms with van der Waals surface area (Å²) in [6.07, 6.45) is -0.0595. The van der Waals surface area contributed by atoms with Crippen molar-refractivity contribution in [3.05, 3.63) is 31.6 Å². The molecule has 1 fully saturated rings. The number of hydrogen-bond acceptors (Lipinski definition) is 5. The number of benzene rings is 1. The van der Waals surface area contributed by atoms with Gasteiger partial charge in [0, 0.05) is 31.8 Å². The summed E-state index contributed by atoms with van der Waals surface area (Å²) in [5.74, 6) is -0.472. The number of nitro groups is 1. The van der Waals surface area contributed by atoms with Crippen molar-refractivity contribution in [3.8, 4) is 0 Å². The van der Waals surface area contributed by atoms with Crippen molar-refractivity contribution in [1.29, 1.82) is 0 Å². The van der Waals surface area contributed by atoms with Crippen LogP contribution in [0.15, 0.2) is 12.1 Å². The van der Waals surface area contributed by atoms with Crippen molar-refractivity contribution >= 4 is 34.0 Å². The van der Waals surface area contributed by atoms with Gasteiger partial charge in [-0.2, -0.15) is 0 Å². The lowest BCUT2D eigenvalue weighted by molar-refractivity contribution is -0.384. The lowest BCUT2D eigenvalue weighted by Gasteiger charge is -2.30. The van der Waals surface area contributed by atoms with Gasteiger partial charge in [-0.05, 0) is 29.6 Å². The van der Waals surface area contributed by atoms with Crippen LogP contribution in [0.3, 0.4) is 0 Å². The maximum atomic E-state index is 13.5. The third kappa shape index (κ3) is 3.76. The summed E-state index contributed by atoms with van der Waals surface area (Å²) in [4.78, 5) is 12.6.